The zero-order valence-electron chi connectivity index (χ0n) is 11.6. The van der Waals surface area contributed by atoms with E-state index in [0.717, 1.165) is 0 Å². The fourth-order valence-corrected chi connectivity index (χ4v) is 3.71. The van der Waals surface area contributed by atoms with Crippen LogP contribution in [-0.4, -0.2) is 42.0 Å². The van der Waals surface area contributed by atoms with E-state index < -0.39 is 9.84 Å². The Kier molecular flexibility index (Phi) is 4.42. The average Bonchev–Trinajstić information content (AvgIpc) is 2.93. The van der Waals surface area contributed by atoms with Gasteiger partial charge in [-0.1, -0.05) is 19.0 Å². The second kappa shape index (κ2) is 5.90. The molecule has 1 aliphatic rings. The molecule has 1 aromatic rings. The van der Waals surface area contributed by atoms with Crippen molar-refractivity contribution in [3.63, 3.8) is 0 Å². The number of sulfone groups is 1. The number of hydrogen-bond acceptors (Lipinski definition) is 6. The Labute approximate surface area is 118 Å². The lowest BCUT2D eigenvalue weighted by Gasteiger charge is -2.09. The van der Waals surface area contributed by atoms with E-state index in [-0.39, 0.29) is 35.8 Å². The summed E-state index contributed by atoms with van der Waals surface area (Å²) in [4.78, 5) is 15.9. The molecule has 1 N–H and O–H groups in total. The number of nitrogens with zero attached hydrogens (tertiary/aromatic N) is 2. The van der Waals surface area contributed by atoms with Crippen molar-refractivity contribution >= 4 is 15.7 Å². The van der Waals surface area contributed by atoms with E-state index in [4.69, 9.17) is 4.52 Å². The van der Waals surface area contributed by atoms with Gasteiger partial charge in [-0.3, -0.25) is 4.79 Å². The van der Waals surface area contributed by atoms with Gasteiger partial charge in [-0.15, -0.1) is 0 Å². The SMILES string of the molecule is CC(C)c1noc(CCC(=O)NC2CCS(=O)(=O)C2)n1. The fraction of sp³-hybridized carbons (Fsp3) is 0.750. The Morgan fingerprint density at radius 3 is 2.80 bits per heavy atom. The number of aromatic nitrogens is 2. The molecule has 20 heavy (non-hydrogen) atoms. The summed E-state index contributed by atoms with van der Waals surface area (Å²) < 4.78 is 27.6. The Morgan fingerprint density at radius 2 is 2.25 bits per heavy atom. The molecule has 2 heterocycles. The molecule has 0 aliphatic carbocycles. The van der Waals surface area contributed by atoms with Gasteiger partial charge in [0.1, 0.15) is 0 Å². The molecule has 0 bridgehead atoms. The molecule has 7 nitrogen and oxygen atoms in total. The Bertz CT molecular complexity index is 579. The first-order valence-corrected chi connectivity index (χ1v) is 8.50. The van der Waals surface area contributed by atoms with Gasteiger partial charge < -0.3 is 9.84 Å². The van der Waals surface area contributed by atoms with Crippen molar-refractivity contribution in [3.05, 3.63) is 11.7 Å². The Morgan fingerprint density at radius 1 is 1.50 bits per heavy atom. The van der Waals surface area contributed by atoms with Crippen molar-refractivity contribution in [1.29, 1.82) is 0 Å². The van der Waals surface area contributed by atoms with Crippen molar-refractivity contribution in [2.75, 3.05) is 11.5 Å². The van der Waals surface area contributed by atoms with Crippen LogP contribution in [0.5, 0.6) is 0 Å². The molecular formula is C12H19N3O4S. The third-order valence-corrected chi connectivity index (χ3v) is 4.93. The predicted molar refractivity (Wildman–Crippen MR) is 71.9 cm³/mol. The zero-order valence-corrected chi connectivity index (χ0v) is 12.4. The lowest BCUT2D eigenvalue weighted by Crippen LogP contribution is -2.35. The highest BCUT2D eigenvalue weighted by molar-refractivity contribution is 7.91. The van der Waals surface area contributed by atoms with Crippen molar-refractivity contribution in [2.24, 2.45) is 0 Å². The number of carbonyl (C=O) groups is 1. The molecule has 112 valence electrons. The van der Waals surface area contributed by atoms with E-state index >= 15 is 0 Å². The number of hydrogen-bond donors (Lipinski definition) is 1. The van der Waals surface area contributed by atoms with Crippen molar-refractivity contribution in [3.8, 4) is 0 Å². The van der Waals surface area contributed by atoms with E-state index in [2.05, 4.69) is 15.5 Å². The van der Waals surface area contributed by atoms with E-state index in [1.165, 1.54) is 0 Å². The molecular weight excluding hydrogens is 282 g/mol. The van der Waals surface area contributed by atoms with Crippen LogP contribution in [0.1, 0.15) is 44.3 Å². The fourth-order valence-electron chi connectivity index (χ4n) is 2.03. The van der Waals surface area contributed by atoms with Crippen molar-refractivity contribution < 1.29 is 17.7 Å². The van der Waals surface area contributed by atoms with Crippen LogP contribution < -0.4 is 5.32 Å². The van der Waals surface area contributed by atoms with E-state index in [9.17, 15) is 13.2 Å². The molecule has 8 heteroatoms. The van der Waals surface area contributed by atoms with Crippen LogP contribution in [0, 0.1) is 0 Å². The third-order valence-electron chi connectivity index (χ3n) is 3.16. The highest BCUT2D eigenvalue weighted by Crippen LogP contribution is 2.12. The van der Waals surface area contributed by atoms with E-state index in [0.29, 0.717) is 24.6 Å². The maximum absolute atomic E-state index is 11.7. The highest BCUT2D eigenvalue weighted by Gasteiger charge is 2.28. The molecule has 1 atom stereocenters. The predicted octanol–water partition coefficient (Wildman–Crippen LogP) is 0.429. The molecule has 1 amide bonds. The summed E-state index contributed by atoms with van der Waals surface area (Å²) in [5, 5.41) is 6.55. The second-order valence-corrected chi connectivity index (χ2v) is 7.60. The van der Waals surface area contributed by atoms with Gasteiger partial charge in [-0.25, -0.2) is 8.42 Å². The molecule has 1 aromatic heterocycles. The molecule has 1 unspecified atom stereocenters. The number of amides is 1. The van der Waals surface area contributed by atoms with Gasteiger partial charge in [0.15, 0.2) is 15.7 Å². The maximum atomic E-state index is 11.7. The van der Waals surface area contributed by atoms with Gasteiger partial charge in [0.25, 0.3) is 0 Å². The first-order chi connectivity index (χ1) is 9.35. The molecule has 1 saturated heterocycles. The third kappa shape index (κ3) is 4.03. The van der Waals surface area contributed by atoms with Crippen LogP contribution in [0.25, 0.3) is 0 Å². The summed E-state index contributed by atoms with van der Waals surface area (Å²) in [5.74, 6) is 1.25. The summed E-state index contributed by atoms with van der Waals surface area (Å²) in [6.07, 6.45) is 1.08. The van der Waals surface area contributed by atoms with Crippen LogP contribution in [-0.2, 0) is 21.1 Å². The molecule has 0 saturated carbocycles. The van der Waals surface area contributed by atoms with Crippen LogP contribution in [0.15, 0.2) is 4.52 Å². The summed E-state index contributed by atoms with van der Waals surface area (Å²) in [7, 11) is -2.97. The maximum Gasteiger partial charge on any atom is 0.227 e. The van der Waals surface area contributed by atoms with Gasteiger partial charge in [-0.2, -0.15) is 4.98 Å². The standard InChI is InChI=1S/C12H19N3O4S/c1-8(2)12-14-11(19-15-12)4-3-10(16)13-9-5-6-20(17,18)7-9/h8-9H,3-7H2,1-2H3,(H,13,16). The van der Waals surface area contributed by atoms with Crippen molar-refractivity contribution in [1.82, 2.24) is 15.5 Å². The molecule has 1 aliphatic heterocycles. The molecule has 0 spiro atoms. The van der Waals surface area contributed by atoms with Crippen molar-refractivity contribution in [2.45, 2.75) is 45.1 Å². The molecule has 1 fully saturated rings. The summed E-state index contributed by atoms with van der Waals surface area (Å²) in [6.45, 7) is 3.92. The largest absolute Gasteiger partial charge is 0.352 e. The smallest absolute Gasteiger partial charge is 0.227 e. The average molecular weight is 301 g/mol. The minimum atomic E-state index is -2.97. The van der Waals surface area contributed by atoms with E-state index in [1.807, 2.05) is 13.8 Å². The normalized spacial score (nSPS) is 21.2. The van der Waals surface area contributed by atoms with Gasteiger partial charge in [-0.05, 0) is 6.42 Å². The van der Waals surface area contributed by atoms with Crippen LogP contribution in [0.2, 0.25) is 0 Å². The van der Waals surface area contributed by atoms with Crippen LogP contribution in [0.4, 0.5) is 0 Å². The van der Waals surface area contributed by atoms with Crippen LogP contribution in [0.3, 0.4) is 0 Å². The van der Waals surface area contributed by atoms with Gasteiger partial charge in [0.05, 0.1) is 11.5 Å². The minimum absolute atomic E-state index is 0.0385. The minimum Gasteiger partial charge on any atom is -0.352 e. The molecule has 0 radical (unpaired) electrons. The quantitative estimate of drug-likeness (QED) is 0.846. The first kappa shape index (κ1) is 15.0. The Hall–Kier alpha value is -1.44. The lowest BCUT2D eigenvalue weighted by molar-refractivity contribution is -0.121. The topological polar surface area (TPSA) is 102 Å². The van der Waals surface area contributed by atoms with Gasteiger partial charge in [0, 0.05) is 24.8 Å². The summed E-state index contributed by atoms with van der Waals surface area (Å²) >= 11 is 0. The Balaban J connectivity index is 1.77. The first-order valence-electron chi connectivity index (χ1n) is 6.68. The van der Waals surface area contributed by atoms with Crippen LogP contribution >= 0.6 is 0 Å². The second-order valence-electron chi connectivity index (χ2n) is 5.37. The summed E-state index contributed by atoms with van der Waals surface area (Å²) in [5.41, 5.74) is 0. The number of nitrogens with one attached hydrogen (secondary N) is 1. The van der Waals surface area contributed by atoms with Gasteiger partial charge >= 0.3 is 0 Å². The highest BCUT2D eigenvalue weighted by atomic mass is 32.2. The molecule has 0 aromatic carbocycles. The number of carbonyl (C=O) groups excluding carboxylic acids is 1. The van der Waals surface area contributed by atoms with E-state index in [1.54, 1.807) is 0 Å². The summed E-state index contributed by atoms with van der Waals surface area (Å²) in [6, 6.07) is -0.263. The number of aryl methyl sites for hydroxylation is 1. The van der Waals surface area contributed by atoms with Gasteiger partial charge in [0.2, 0.25) is 11.8 Å². The monoisotopic (exact) mass is 301 g/mol. The molecule has 2 rings (SSSR count). The lowest BCUT2D eigenvalue weighted by atomic mass is 10.2. The zero-order chi connectivity index (χ0) is 14.8. The number of rotatable bonds is 5.